The van der Waals surface area contributed by atoms with Gasteiger partial charge in [-0.1, -0.05) is 13.3 Å². The van der Waals surface area contributed by atoms with Crippen molar-refractivity contribution in [1.82, 2.24) is 10.2 Å². The molecule has 0 bridgehead atoms. The van der Waals surface area contributed by atoms with Gasteiger partial charge in [0.2, 0.25) is 11.6 Å². The van der Waals surface area contributed by atoms with E-state index < -0.39 is 17.7 Å². The molecule has 2 rings (SSSR count). The van der Waals surface area contributed by atoms with Crippen molar-refractivity contribution in [2.45, 2.75) is 37.2 Å². The van der Waals surface area contributed by atoms with Gasteiger partial charge in [-0.3, -0.25) is 15.0 Å². The third-order valence-electron chi connectivity index (χ3n) is 3.18. The molecule has 2 aliphatic heterocycles. The van der Waals surface area contributed by atoms with Gasteiger partial charge in [-0.2, -0.15) is 0 Å². The summed E-state index contributed by atoms with van der Waals surface area (Å²) in [6.45, 7) is 2.16. The number of carbonyl (C=O) groups excluding carboxylic acids is 2. The second-order valence-electron chi connectivity index (χ2n) is 4.55. The first kappa shape index (κ1) is 14.7. The van der Waals surface area contributed by atoms with E-state index in [1.807, 2.05) is 6.92 Å². The van der Waals surface area contributed by atoms with E-state index in [-0.39, 0.29) is 24.3 Å². The average molecular weight is 300 g/mol. The van der Waals surface area contributed by atoms with E-state index in [1.54, 1.807) is 5.41 Å². The van der Waals surface area contributed by atoms with E-state index in [9.17, 15) is 19.5 Å². The number of hydrogen-bond acceptors (Lipinski definition) is 5. The number of nitrogens with zero attached hydrogens (tertiary/aromatic N) is 1. The molecule has 2 unspecified atom stereocenters. The van der Waals surface area contributed by atoms with E-state index >= 15 is 0 Å². The fourth-order valence-corrected chi connectivity index (χ4v) is 3.16. The molecule has 0 saturated carbocycles. The first-order chi connectivity index (χ1) is 9.51. The monoisotopic (exact) mass is 300 g/mol. The van der Waals surface area contributed by atoms with Crippen LogP contribution in [0.4, 0.5) is 4.79 Å². The highest BCUT2D eigenvalue weighted by atomic mass is 32.2. The molecule has 8 heteroatoms. The number of carboxylic acid groups (broad SMARTS) is 1. The summed E-state index contributed by atoms with van der Waals surface area (Å²) < 4.78 is 4.91. The average Bonchev–Trinajstić information content (AvgIpc) is 2.37. The predicted octanol–water partition coefficient (Wildman–Crippen LogP) is 1.11. The Morgan fingerprint density at radius 3 is 3.00 bits per heavy atom. The van der Waals surface area contributed by atoms with Gasteiger partial charge in [0.05, 0.1) is 18.4 Å². The number of aliphatic carboxylic acids is 1. The number of unbranched alkanes of at least 4 members (excludes halogenated alkanes) is 1. The smallest absolute Gasteiger partial charge is 0.409 e. The highest BCUT2D eigenvalue weighted by Gasteiger charge is 2.56. The molecular formula is C12H16N2O5S. The van der Waals surface area contributed by atoms with Crippen LogP contribution in [0.1, 0.15) is 26.2 Å². The van der Waals surface area contributed by atoms with Gasteiger partial charge in [0.15, 0.2) is 0 Å². The Kier molecular flexibility index (Phi) is 4.22. The minimum absolute atomic E-state index is 0.216. The van der Waals surface area contributed by atoms with Crippen LogP contribution in [0.25, 0.3) is 0 Å². The van der Waals surface area contributed by atoms with Crippen molar-refractivity contribution in [1.29, 1.82) is 0 Å². The molecule has 2 heterocycles. The predicted molar refractivity (Wildman–Crippen MR) is 71.7 cm³/mol. The van der Waals surface area contributed by atoms with E-state index in [0.717, 1.165) is 6.42 Å². The van der Waals surface area contributed by atoms with Gasteiger partial charge in [-0.15, -0.1) is 11.8 Å². The molecule has 20 heavy (non-hydrogen) atoms. The minimum atomic E-state index is -1.84. The topological polar surface area (TPSA) is 95.9 Å². The number of hydrogen-bond donors (Lipinski definition) is 2. The lowest BCUT2D eigenvalue weighted by Crippen LogP contribution is -2.73. The lowest BCUT2D eigenvalue weighted by Gasteiger charge is -2.50. The lowest BCUT2D eigenvalue weighted by atomic mass is 10.0. The van der Waals surface area contributed by atoms with Crippen molar-refractivity contribution in [2.24, 2.45) is 0 Å². The number of carbonyl (C=O) groups is 3. The van der Waals surface area contributed by atoms with Crippen LogP contribution in [0.2, 0.25) is 0 Å². The van der Waals surface area contributed by atoms with Gasteiger partial charge in [-0.25, -0.2) is 9.59 Å². The van der Waals surface area contributed by atoms with Crippen LogP contribution < -0.4 is 5.32 Å². The Labute approximate surface area is 120 Å². The number of fused-ring (bicyclic) bond motifs is 1. The Bertz CT molecular complexity index is 467. The maximum atomic E-state index is 11.7. The molecule has 2 N–H and O–H groups in total. The standard InChI is InChI=1S/C12H16N2O5S/c1-2-3-5-19-11(18)13-12(10(16)17)4-6-20-9-7-8(15)14(9)12/h4,6,9H,2-3,5,7H2,1H3,(H,13,18)(H,16,17). The molecule has 2 amide bonds. The Morgan fingerprint density at radius 1 is 1.65 bits per heavy atom. The van der Waals surface area contributed by atoms with Gasteiger partial charge < -0.3 is 9.84 Å². The number of nitrogens with one attached hydrogen (secondary N) is 1. The van der Waals surface area contributed by atoms with Crippen molar-refractivity contribution >= 4 is 29.7 Å². The van der Waals surface area contributed by atoms with Crippen LogP contribution in [0.15, 0.2) is 11.5 Å². The summed E-state index contributed by atoms with van der Waals surface area (Å²) in [6, 6.07) is 0. The molecule has 0 aromatic rings. The van der Waals surface area contributed by atoms with Crippen molar-refractivity contribution in [3.8, 4) is 0 Å². The maximum Gasteiger partial charge on any atom is 0.409 e. The van der Waals surface area contributed by atoms with Gasteiger partial charge in [0.25, 0.3) is 0 Å². The summed E-state index contributed by atoms with van der Waals surface area (Å²) in [6.07, 6.45) is 2.30. The van der Waals surface area contributed by atoms with Crippen molar-refractivity contribution in [3.05, 3.63) is 11.5 Å². The van der Waals surface area contributed by atoms with Gasteiger partial charge in [0.1, 0.15) is 0 Å². The first-order valence-electron chi connectivity index (χ1n) is 6.35. The first-order valence-corrected chi connectivity index (χ1v) is 7.29. The van der Waals surface area contributed by atoms with Crippen LogP contribution in [0.3, 0.4) is 0 Å². The molecule has 0 aromatic carbocycles. The van der Waals surface area contributed by atoms with Gasteiger partial charge in [-0.05, 0) is 17.9 Å². The summed E-state index contributed by atoms with van der Waals surface area (Å²) in [7, 11) is 0. The van der Waals surface area contributed by atoms with Crippen LogP contribution in [0.5, 0.6) is 0 Å². The van der Waals surface area contributed by atoms with Crippen molar-refractivity contribution < 1.29 is 24.2 Å². The molecule has 1 fully saturated rings. The second-order valence-corrected chi connectivity index (χ2v) is 5.64. The van der Waals surface area contributed by atoms with Crippen LogP contribution in [0, 0.1) is 0 Å². The summed E-state index contributed by atoms with van der Waals surface area (Å²) in [5.41, 5.74) is -1.84. The Balaban J connectivity index is 2.12. The molecule has 2 atom stereocenters. The van der Waals surface area contributed by atoms with E-state index in [1.165, 1.54) is 22.7 Å². The molecule has 7 nitrogen and oxygen atoms in total. The van der Waals surface area contributed by atoms with Crippen LogP contribution in [-0.4, -0.2) is 45.6 Å². The quantitative estimate of drug-likeness (QED) is 0.583. The molecule has 0 radical (unpaired) electrons. The normalized spacial score (nSPS) is 27.6. The molecule has 110 valence electrons. The zero-order valence-corrected chi connectivity index (χ0v) is 11.8. The van der Waals surface area contributed by atoms with E-state index in [2.05, 4.69) is 5.32 Å². The minimum Gasteiger partial charge on any atom is -0.478 e. The fourth-order valence-electron chi connectivity index (χ4n) is 2.06. The number of rotatable bonds is 5. The molecule has 1 saturated heterocycles. The lowest BCUT2D eigenvalue weighted by molar-refractivity contribution is -0.166. The van der Waals surface area contributed by atoms with Gasteiger partial charge in [0, 0.05) is 0 Å². The van der Waals surface area contributed by atoms with Crippen LogP contribution in [-0.2, 0) is 14.3 Å². The summed E-state index contributed by atoms with van der Waals surface area (Å²) in [5.74, 6) is -1.61. The number of carboxylic acids is 1. The number of amides is 2. The Morgan fingerprint density at radius 2 is 2.40 bits per heavy atom. The molecule has 2 aliphatic rings. The number of ether oxygens (including phenoxy) is 1. The van der Waals surface area contributed by atoms with Crippen molar-refractivity contribution in [2.75, 3.05) is 6.61 Å². The maximum absolute atomic E-state index is 11.7. The molecule has 0 aromatic heterocycles. The fraction of sp³-hybridized carbons (Fsp3) is 0.583. The van der Waals surface area contributed by atoms with Crippen molar-refractivity contribution in [3.63, 3.8) is 0 Å². The summed E-state index contributed by atoms with van der Waals surface area (Å²) in [5, 5.41) is 13.1. The molecule has 0 aliphatic carbocycles. The third kappa shape index (κ3) is 2.47. The molecular weight excluding hydrogens is 284 g/mol. The summed E-state index contributed by atoms with van der Waals surface area (Å²) >= 11 is 1.35. The van der Waals surface area contributed by atoms with E-state index in [0.29, 0.717) is 6.42 Å². The number of alkyl carbamates (subject to hydrolysis) is 1. The SMILES string of the molecule is CCCCOC(=O)NC1(C(=O)O)C=CSC2CC(=O)N21. The summed E-state index contributed by atoms with van der Waals surface area (Å²) in [4.78, 5) is 36.1. The highest BCUT2D eigenvalue weighted by Crippen LogP contribution is 2.40. The van der Waals surface area contributed by atoms with Crippen LogP contribution >= 0.6 is 11.8 Å². The zero-order valence-electron chi connectivity index (χ0n) is 11.0. The largest absolute Gasteiger partial charge is 0.478 e. The molecule has 0 spiro atoms. The second kappa shape index (κ2) is 5.74. The zero-order chi connectivity index (χ0) is 14.8. The number of thioether (sulfide) groups is 1. The van der Waals surface area contributed by atoms with Gasteiger partial charge >= 0.3 is 12.1 Å². The third-order valence-corrected chi connectivity index (χ3v) is 4.17. The van der Waals surface area contributed by atoms with E-state index in [4.69, 9.17) is 4.74 Å². The number of β-lactam (4-membered cyclic amide) rings is 1. The Hall–Kier alpha value is -1.70. The highest BCUT2D eigenvalue weighted by molar-refractivity contribution is 8.02.